The van der Waals surface area contributed by atoms with E-state index in [-0.39, 0.29) is 5.75 Å². The van der Waals surface area contributed by atoms with Gasteiger partial charge in [-0.05, 0) is 27.7 Å². The van der Waals surface area contributed by atoms with Crippen molar-refractivity contribution in [1.29, 1.82) is 0 Å². The number of hydrogen-bond donors (Lipinski definition) is 1. The first-order valence-electron chi connectivity index (χ1n) is 7.66. The highest BCUT2D eigenvalue weighted by Crippen LogP contribution is 2.21. The molecule has 0 aliphatic carbocycles. The summed E-state index contributed by atoms with van der Waals surface area (Å²) in [7, 11) is -3.93. The van der Waals surface area contributed by atoms with E-state index < -0.39 is 16.1 Å². The summed E-state index contributed by atoms with van der Waals surface area (Å²) in [6, 6.07) is 0.605. The Hall–Kier alpha value is -0.920. The molecule has 0 aliphatic rings. The summed E-state index contributed by atoms with van der Waals surface area (Å²) in [6.07, 6.45) is 2.24. The van der Waals surface area contributed by atoms with Crippen molar-refractivity contribution in [3.63, 3.8) is 0 Å². The number of esters is 1. The molecule has 22 heavy (non-hydrogen) atoms. The summed E-state index contributed by atoms with van der Waals surface area (Å²) in [5.41, 5.74) is 0. The van der Waals surface area contributed by atoms with Gasteiger partial charge in [0.25, 0.3) is 10.1 Å². The molecule has 7 heteroatoms. The molecule has 1 N–H and O–H groups in total. The number of nitrogens with zero attached hydrogens (tertiary/aromatic N) is 1. The molecule has 6 nitrogen and oxygen atoms in total. The molecule has 0 saturated carbocycles. The minimum Gasteiger partial charge on any atom is -0.462 e. The summed E-state index contributed by atoms with van der Waals surface area (Å²) in [4.78, 5) is 11.0. The molecule has 0 aliphatic heterocycles. The lowest BCUT2D eigenvalue weighted by Crippen LogP contribution is -2.59. The normalized spacial score (nSPS) is 12.7. The Morgan fingerprint density at radius 2 is 1.68 bits per heavy atom. The van der Waals surface area contributed by atoms with Crippen LogP contribution in [-0.2, 0) is 19.6 Å². The second-order valence-electron chi connectivity index (χ2n) is 6.10. The zero-order chi connectivity index (χ0) is 17.4. The SMILES string of the molecule is C=CC(=O)OCCC[N+](CCCS(=O)(=O)O)(C(C)C)C(C)C. The fraction of sp³-hybridized carbons (Fsp3) is 0.800. The van der Waals surface area contributed by atoms with Crippen molar-refractivity contribution in [2.45, 2.75) is 52.6 Å². The van der Waals surface area contributed by atoms with Gasteiger partial charge in [0.15, 0.2) is 0 Å². The molecule has 0 aromatic heterocycles. The minimum absolute atomic E-state index is 0.224. The molecular formula is C15H30NO5S+. The molecule has 0 spiro atoms. The molecule has 0 radical (unpaired) electrons. The Balaban J connectivity index is 4.72. The second kappa shape index (κ2) is 9.27. The average Bonchev–Trinajstić information content (AvgIpc) is 2.39. The van der Waals surface area contributed by atoms with Crippen LogP contribution in [0.15, 0.2) is 12.7 Å². The van der Waals surface area contributed by atoms with E-state index in [1.807, 2.05) is 0 Å². The van der Waals surface area contributed by atoms with Crippen molar-refractivity contribution < 1.29 is 27.0 Å². The van der Waals surface area contributed by atoms with Gasteiger partial charge in [0, 0.05) is 18.9 Å². The van der Waals surface area contributed by atoms with Gasteiger partial charge in [-0.15, -0.1) is 0 Å². The van der Waals surface area contributed by atoms with E-state index in [1.165, 1.54) is 0 Å². The monoisotopic (exact) mass is 336 g/mol. The molecule has 0 saturated heterocycles. The fourth-order valence-electron chi connectivity index (χ4n) is 2.87. The number of rotatable bonds is 11. The van der Waals surface area contributed by atoms with E-state index >= 15 is 0 Å². The molecule has 0 rings (SSSR count). The molecular weight excluding hydrogens is 306 g/mol. The van der Waals surface area contributed by atoms with Crippen molar-refractivity contribution in [3.05, 3.63) is 12.7 Å². The van der Waals surface area contributed by atoms with Crippen molar-refractivity contribution >= 4 is 16.1 Å². The Morgan fingerprint density at radius 3 is 2.09 bits per heavy atom. The van der Waals surface area contributed by atoms with Gasteiger partial charge >= 0.3 is 5.97 Å². The topological polar surface area (TPSA) is 80.7 Å². The van der Waals surface area contributed by atoms with Gasteiger partial charge in [0.2, 0.25) is 0 Å². The van der Waals surface area contributed by atoms with E-state index in [4.69, 9.17) is 9.29 Å². The third-order valence-electron chi connectivity index (χ3n) is 4.16. The lowest BCUT2D eigenvalue weighted by atomic mass is 10.1. The van der Waals surface area contributed by atoms with Gasteiger partial charge in [-0.3, -0.25) is 4.55 Å². The largest absolute Gasteiger partial charge is 0.462 e. The molecule has 0 aromatic rings. The molecule has 0 amide bonds. The highest BCUT2D eigenvalue weighted by Gasteiger charge is 2.34. The van der Waals surface area contributed by atoms with Crippen LogP contribution in [-0.4, -0.2) is 61.0 Å². The summed E-state index contributed by atoms with van der Waals surface area (Å²) < 4.78 is 36.4. The van der Waals surface area contributed by atoms with E-state index in [0.717, 1.165) is 17.1 Å². The zero-order valence-electron chi connectivity index (χ0n) is 14.1. The Kier molecular flexibility index (Phi) is 8.88. The number of hydrogen-bond acceptors (Lipinski definition) is 4. The minimum atomic E-state index is -3.93. The third kappa shape index (κ3) is 7.38. The van der Waals surface area contributed by atoms with Crippen LogP contribution in [0.1, 0.15) is 40.5 Å². The van der Waals surface area contributed by atoms with Crippen LogP contribution in [0, 0.1) is 0 Å². The first-order valence-corrected chi connectivity index (χ1v) is 9.27. The second-order valence-corrected chi connectivity index (χ2v) is 7.67. The summed E-state index contributed by atoms with van der Waals surface area (Å²) in [5.74, 6) is -0.656. The standard InChI is InChI=1S/C15H29NO5S/c1-6-15(17)21-11-7-9-16(13(2)3,14(4)5)10-8-12-22(18,19)20/h6,13-14H,1,7-12H2,2-5H3/p+1. The number of quaternary nitrogens is 1. The molecule has 0 aromatic carbocycles. The van der Waals surface area contributed by atoms with Gasteiger partial charge in [-0.2, -0.15) is 8.42 Å². The molecule has 130 valence electrons. The smallest absolute Gasteiger partial charge is 0.330 e. The average molecular weight is 336 g/mol. The first-order chi connectivity index (χ1) is 10.0. The van der Waals surface area contributed by atoms with Gasteiger partial charge < -0.3 is 9.22 Å². The van der Waals surface area contributed by atoms with E-state index in [1.54, 1.807) is 0 Å². The van der Waals surface area contributed by atoms with Crippen LogP contribution >= 0.6 is 0 Å². The highest BCUT2D eigenvalue weighted by molar-refractivity contribution is 7.85. The van der Waals surface area contributed by atoms with Gasteiger partial charge in [0.05, 0.1) is 37.5 Å². The number of carbonyl (C=O) groups excluding carboxylic acids is 1. The van der Waals surface area contributed by atoms with Gasteiger partial charge in [-0.1, -0.05) is 6.58 Å². The molecule has 0 fully saturated rings. The summed E-state index contributed by atoms with van der Waals surface area (Å²) >= 11 is 0. The molecule has 0 bridgehead atoms. The van der Waals surface area contributed by atoms with Crippen LogP contribution in [0.4, 0.5) is 0 Å². The van der Waals surface area contributed by atoms with Crippen LogP contribution < -0.4 is 0 Å². The third-order valence-corrected chi connectivity index (χ3v) is 4.97. The summed E-state index contributed by atoms with van der Waals surface area (Å²) in [6.45, 7) is 13.5. The zero-order valence-corrected chi connectivity index (χ0v) is 14.9. The molecule has 0 unspecified atom stereocenters. The predicted molar refractivity (Wildman–Crippen MR) is 87.1 cm³/mol. The maximum absolute atomic E-state index is 11.0. The molecule has 0 heterocycles. The Bertz CT molecular complexity index is 449. The van der Waals surface area contributed by atoms with Crippen LogP contribution in [0.5, 0.6) is 0 Å². The maximum Gasteiger partial charge on any atom is 0.330 e. The number of ether oxygens (including phenoxy) is 1. The predicted octanol–water partition coefficient (Wildman–Crippen LogP) is 2.02. The van der Waals surface area contributed by atoms with Gasteiger partial charge in [0.1, 0.15) is 0 Å². The number of carbonyl (C=O) groups is 1. The Labute approximate surface area is 134 Å². The quantitative estimate of drug-likeness (QED) is 0.205. The summed E-state index contributed by atoms with van der Waals surface area (Å²) in [5, 5.41) is 0. The van der Waals surface area contributed by atoms with Crippen LogP contribution in [0.2, 0.25) is 0 Å². The van der Waals surface area contributed by atoms with Crippen LogP contribution in [0.25, 0.3) is 0 Å². The van der Waals surface area contributed by atoms with Crippen molar-refractivity contribution in [2.24, 2.45) is 0 Å². The van der Waals surface area contributed by atoms with Crippen molar-refractivity contribution in [2.75, 3.05) is 25.4 Å². The lowest BCUT2D eigenvalue weighted by molar-refractivity contribution is -0.966. The van der Waals surface area contributed by atoms with Gasteiger partial charge in [-0.25, -0.2) is 4.79 Å². The van der Waals surface area contributed by atoms with E-state index in [2.05, 4.69) is 34.3 Å². The van der Waals surface area contributed by atoms with Crippen molar-refractivity contribution in [1.82, 2.24) is 0 Å². The lowest BCUT2D eigenvalue weighted by Gasteiger charge is -2.46. The fourth-order valence-corrected chi connectivity index (χ4v) is 3.37. The highest BCUT2D eigenvalue weighted by atomic mass is 32.2. The van der Waals surface area contributed by atoms with E-state index in [0.29, 0.717) is 38.1 Å². The van der Waals surface area contributed by atoms with E-state index in [9.17, 15) is 13.2 Å². The maximum atomic E-state index is 11.0. The molecule has 0 atom stereocenters. The Morgan fingerprint density at radius 1 is 1.18 bits per heavy atom. The van der Waals surface area contributed by atoms with Crippen LogP contribution in [0.3, 0.4) is 0 Å². The van der Waals surface area contributed by atoms with Crippen molar-refractivity contribution in [3.8, 4) is 0 Å². The first kappa shape index (κ1) is 21.1.